The number of benzene rings is 2. The van der Waals surface area contributed by atoms with Crippen molar-refractivity contribution in [3.05, 3.63) is 62.1 Å². The maximum absolute atomic E-state index is 10.7. The molecule has 98 valence electrons. The Morgan fingerprint density at radius 2 is 1.84 bits per heavy atom. The molecule has 0 bridgehead atoms. The predicted octanol–water partition coefficient (Wildman–Crippen LogP) is 4.77. The zero-order chi connectivity index (χ0) is 14.0. The van der Waals surface area contributed by atoms with E-state index in [1.165, 1.54) is 6.07 Å². The lowest BCUT2D eigenvalue weighted by molar-refractivity contribution is -0.385. The number of hydrogen-bond donors (Lipinski definition) is 0. The average Bonchev–Trinajstić information content (AvgIpc) is 2.33. The van der Waals surface area contributed by atoms with Crippen molar-refractivity contribution in [2.75, 3.05) is 0 Å². The third-order valence-electron chi connectivity index (χ3n) is 2.74. The monoisotopic (exact) mass is 321 g/mol. The smallest absolute Gasteiger partial charge is 0.272 e. The molecule has 0 saturated heterocycles. The standard InChI is InChI=1S/C14H12BrNO3/c1-9-3-4-11(15)8-14(9)19-12-5-6-13(16(17)18)10(2)7-12/h3-8H,1-2H3. The Hall–Kier alpha value is -1.88. The van der Waals surface area contributed by atoms with Gasteiger partial charge in [-0.2, -0.15) is 0 Å². The van der Waals surface area contributed by atoms with Gasteiger partial charge in [0, 0.05) is 16.1 Å². The summed E-state index contributed by atoms with van der Waals surface area (Å²) in [6.07, 6.45) is 0. The molecule has 0 spiro atoms. The van der Waals surface area contributed by atoms with Crippen LogP contribution in [-0.2, 0) is 0 Å². The number of nitro groups is 1. The average molecular weight is 322 g/mol. The minimum atomic E-state index is -0.399. The lowest BCUT2D eigenvalue weighted by atomic mass is 10.2. The third-order valence-corrected chi connectivity index (χ3v) is 3.24. The van der Waals surface area contributed by atoms with Crippen molar-refractivity contribution in [2.24, 2.45) is 0 Å². The Kier molecular flexibility index (Phi) is 3.85. The molecule has 19 heavy (non-hydrogen) atoms. The van der Waals surface area contributed by atoms with Crippen molar-refractivity contribution < 1.29 is 9.66 Å². The first-order valence-corrected chi connectivity index (χ1v) is 6.46. The maximum atomic E-state index is 10.7. The van der Waals surface area contributed by atoms with Crippen molar-refractivity contribution in [2.45, 2.75) is 13.8 Å². The number of nitrogens with zero attached hydrogens (tertiary/aromatic N) is 1. The molecule has 0 aliphatic heterocycles. The molecule has 0 aliphatic carbocycles. The number of rotatable bonds is 3. The summed E-state index contributed by atoms with van der Waals surface area (Å²) in [7, 11) is 0. The molecule has 5 heteroatoms. The molecular weight excluding hydrogens is 310 g/mol. The number of hydrogen-bond acceptors (Lipinski definition) is 3. The van der Waals surface area contributed by atoms with Crippen LogP contribution in [0, 0.1) is 24.0 Å². The molecule has 0 saturated carbocycles. The van der Waals surface area contributed by atoms with Gasteiger partial charge in [0.15, 0.2) is 0 Å². The van der Waals surface area contributed by atoms with Crippen LogP contribution in [0.5, 0.6) is 11.5 Å². The largest absolute Gasteiger partial charge is 0.457 e. The van der Waals surface area contributed by atoms with E-state index in [0.717, 1.165) is 15.8 Å². The molecule has 2 aromatic carbocycles. The van der Waals surface area contributed by atoms with E-state index in [9.17, 15) is 10.1 Å². The molecule has 0 atom stereocenters. The molecule has 0 unspecified atom stereocenters. The van der Waals surface area contributed by atoms with E-state index >= 15 is 0 Å². The highest BCUT2D eigenvalue weighted by atomic mass is 79.9. The number of nitro benzene ring substituents is 1. The van der Waals surface area contributed by atoms with Crippen molar-refractivity contribution in [3.63, 3.8) is 0 Å². The van der Waals surface area contributed by atoms with Crippen molar-refractivity contribution in [1.82, 2.24) is 0 Å². The maximum Gasteiger partial charge on any atom is 0.272 e. The molecule has 2 rings (SSSR count). The number of halogens is 1. The minimum absolute atomic E-state index is 0.0957. The van der Waals surface area contributed by atoms with Gasteiger partial charge in [0.1, 0.15) is 11.5 Å². The van der Waals surface area contributed by atoms with Gasteiger partial charge in [-0.25, -0.2) is 0 Å². The molecule has 0 fully saturated rings. The van der Waals surface area contributed by atoms with Gasteiger partial charge in [-0.3, -0.25) is 10.1 Å². The Balaban J connectivity index is 2.31. The van der Waals surface area contributed by atoms with E-state index in [4.69, 9.17) is 4.74 Å². The van der Waals surface area contributed by atoms with E-state index in [1.807, 2.05) is 25.1 Å². The lowest BCUT2D eigenvalue weighted by Crippen LogP contribution is -1.93. The summed E-state index contributed by atoms with van der Waals surface area (Å²) in [5.74, 6) is 1.31. The van der Waals surface area contributed by atoms with Crippen molar-refractivity contribution >= 4 is 21.6 Å². The third kappa shape index (κ3) is 3.12. The Labute approximate surface area is 119 Å². The lowest BCUT2D eigenvalue weighted by Gasteiger charge is -2.09. The van der Waals surface area contributed by atoms with Gasteiger partial charge in [0.25, 0.3) is 5.69 Å². The van der Waals surface area contributed by atoms with Gasteiger partial charge in [0.05, 0.1) is 4.92 Å². The summed E-state index contributed by atoms with van der Waals surface area (Å²) in [6, 6.07) is 10.5. The predicted molar refractivity (Wildman–Crippen MR) is 76.8 cm³/mol. The highest BCUT2D eigenvalue weighted by molar-refractivity contribution is 9.10. The topological polar surface area (TPSA) is 52.4 Å². The highest BCUT2D eigenvalue weighted by Crippen LogP contribution is 2.30. The zero-order valence-corrected chi connectivity index (χ0v) is 12.1. The van der Waals surface area contributed by atoms with Gasteiger partial charge in [-0.05, 0) is 43.7 Å². The SMILES string of the molecule is Cc1ccc(Br)cc1Oc1ccc([N+](=O)[O-])c(C)c1. The minimum Gasteiger partial charge on any atom is -0.457 e. The molecular formula is C14H12BrNO3. The summed E-state index contributed by atoms with van der Waals surface area (Å²) in [4.78, 5) is 10.3. The Morgan fingerprint density at radius 3 is 2.47 bits per heavy atom. The number of ether oxygens (including phenoxy) is 1. The van der Waals surface area contributed by atoms with Gasteiger partial charge >= 0.3 is 0 Å². The normalized spacial score (nSPS) is 10.3. The fraction of sp³-hybridized carbons (Fsp3) is 0.143. The van der Waals surface area contributed by atoms with Crippen LogP contribution in [0.25, 0.3) is 0 Å². The van der Waals surface area contributed by atoms with Crippen LogP contribution in [0.3, 0.4) is 0 Å². The van der Waals surface area contributed by atoms with Gasteiger partial charge < -0.3 is 4.74 Å². The molecule has 0 heterocycles. The molecule has 0 amide bonds. The van der Waals surface area contributed by atoms with Crippen LogP contribution in [0.2, 0.25) is 0 Å². The van der Waals surface area contributed by atoms with E-state index in [1.54, 1.807) is 19.1 Å². The van der Waals surface area contributed by atoms with E-state index in [2.05, 4.69) is 15.9 Å². The fourth-order valence-electron chi connectivity index (χ4n) is 1.71. The molecule has 0 N–H and O–H groups in total. The Bertz CT molecular complexity index is 641. The van der Waals surface area contributed by atoms with Crippen LogP contribution < -0.4 is 4.74 Å². The second-order valence-corrected chi connectivity index (χ2v) is 5.13. The highest BCUT2D eigenvalue weighted by Gasteiger charge is 2.11. The van der Waals surface area contributed by atoms with Crippen LogP contribution in [0.4, 0.5) is 5.69 Å². The summed E-state index contributed by atoms with van der Waals surface area (Å²) in [6.45, 7) is 3.64. The molecule has 0 radical (unpaired) electrons. The molecule has 0 aromatic heterocycles. The number of aryl methyl sites for hydroxylation is 2. The van der Waals surface area contributed by atoms with E-state index in [-0.39, 0.29) is 5.69 Å². The van der Waals surface area contributed by atoms with Gasteiger partial charge in [-0.1, -0.05) is 22.0 Å². The molecule has 0 aliphatic rings. The first-order chi connectivity index (χ1) is 8.97. The van der Waals surface area contributed by atoms with E-state index in [0.29, 0.717) is 11.3 Å². The fourth-order valence-corrected chi connectivity index (χ4v) is 2.05. The summed E-state index contributed by atoms with van der Waals surface area (Å²) in [5, 5.41) is 10.7. The molecule has 4 nitrogen and oxygen atoms in total. The van der Waals surface area contributed by atoms with Crippen LogP contribution in [-0.4, -0.2) is 4.92 Å². The van der Waals surface area contributed by atoms with Crippen molar-refractivity contribution in [1.29, 1.82) is 0 Å². The first-order valence-electron chi connectivity index (χ1n) is 5.66. The van der Waals surface area contributed by atoms with Crippen LogP contribution in [0.1, 0.15) is 11.1 Å². The van der Waals surface area contributed by atoms with Crippen LogP contribution >= 0.6 is 15.9 Å². The first kappa shape index (κ1) is 13.5. The summed E-state index contributed by atoms with van der Waals surface area (Å²) >= 11 is 3.39. The second kappa shape index (κ2) is 5.40. The quantitative estimate of drug-likeness (QED) is 0.604. The van der Waals surface area contributed by atoms with E-state index < -0.39 is 4.92 Å². The zero-order valence-electron chi connectivity index (χ0n) is 10.5. The summed E-state index contributed by atoms with van der Waals surface area (Å²) in [5.41, 5.74) is 1.67. The van der Waals surface area contributed by atoms with Gasteiger partial charge in [0.2, 0.25) is 0 Å². The van der Waals surface area contributed by atoms with Crippen LogP contribution in [0.15, 0.2) is 40.9 Å². The Morgan fingerprint density at radius 1 is 1.11 bits per heavy atom. The second-order valence-electron chi connectivity index (χ2n) is 4.22. The summed E-state index contributed by atoms with van der Waals surface area (Å²) < 4.78 is 6.68. The molecule has 2 aromatic rings. The van der Waals surface area contributed by atoms with Gasteiger partial charge in [-0.15, -0.1) is 0 Å². The van der Waals surface area contributed by atoms with Crippen molar-refractivity contribution in [3.8, 4) is 11.5 Å².